The van der Waals surface area contributed by atoms with Gasteiger partial charge >= 0.3 is 0 Å². The van der Waals surface area contributed by atoms with Crippen LogP contribution in [0.2, 0.25) is 0 Å². The minimum atomic E-state index is -1.89. The van der Waals surface area contributed by atoms with E-state index in [0.717, 1.165) is 6.16 Å². The fourth-order valence-electron chi connectivity index (χ4n) is 1.46. The molecule has 0 bridgehead atoms. The van der Waals surface area contributed by atoms with Crippen LogP contribution < -0.4 is 0 Å². The second-order valence-corrected chi connectivity index (χ2v) is 7.57. The van der Waals surface area contributed by atoms with E-state index >= 15 is 0 Å². The van der Waals surface area contributed by atoms with Gasteiger partial charge in [0.2, 0.25) is 0 Å². The fraction of sp³-hybridized carbons (Fsp3) is 0.750. The van der Waals surface area contributed by atoms with E-state index in [4.69, 9.17) is 0 Å². The third-order valence-corrected chi connectivity index (χ3v) is 6.04. The summed E-state index contributed by atoms with van der Waals surface area (Å²) in [4.78, 5) is 0. The van der Waals surface area contributed by atoms with Gasteiger partial charge in [-0.25, -0.2) is 0 Å². The van der Waals surface area contributed by atoms with E-state index in [-0.39, 0.29) is 5.16 Å². The zero-order chi connectivity index (χ0) is 7.99. The van der Waals surface area contributed by atoms with Crippen LogP contribution in [0.15, 0.2) is 11.6 Å². The molecule has 0 aliphatic carbocycles. The molecule has 0 spiro atoms. The molecule has 1 atom stereocenters. The Morgan fingerprint density at radius 1 is 1.60 bits per heavy atom. The Labute approximate surface area is 62.9 Å². The summed E-state index contributed by atoms with van der Waals surface area (Å²) in [5, 5.41) is -0.0446. The van der Waals surface area contributed by atoms with E-state index in [2.05, 4.69) is 26.8 Å². The van der Waals surface area contributed by atoms with E-state index in [1.807, 2.05) is 6.66 Å². The van der Waals surface area contributed by atoms with E-state index in [0.29, 0.717) is 0 Å². The van der Waals surface area contributed by atoms with E-state index in [1.54, 1.807) is 0 Å². The Morgan fingerprint density at radius 2 is 2.10 bits per heavy atom. The first-order valence-electron chi connectivity index (χ1n) is 3.60. The highest BCUT2D eigenvalue weighted by molar-refractivity contribution is 7.65. The highest BCUT2D eigenvalue weighted by Gasteiger charge is 2.38. The Hall–Kier alpha value is -0.0300. The van der Waals surface area contributed by atoms with Gasteiger partial charge in [-0.3, -0.25) is 0 Å². The molecule has 0 saturated heterocycles. The lowest BCUT2D eigenvalue weighted by Crippen LogP contribution is -2.12. The van der Waals surface area contributed by atoms with Crippen molar-refractivity contribution in [3.05, 3.63) is 11.6 Å². The van der Waals surface area contributed by atoms with E-state index in [9.17, 15) is 4.57 Å². The highest BCUT2D eigenvalue weighted by Crippen LogP contribution is 2.60. The lowest BCUT2D eigenvalue weighted by Gasteiger charge is -2.22. The summed E-state index contributed by atoms with van der Waals surface area (Å²) in [6.45, 7) is 8.08. The van der Waals surface area contributed by atoms with Crippen molar-refractivity contribution in [1.82, 2.24) is 0 Å². The van der Waals surface area contributed by atoms with Crippen molar-refractivity contribution in [2.75, 3.05) is 12.8 Å². The summed E-state index contributed by atoms with van der Waals surface area (Å²) < 4.78 is 11.8. The zero-order valence-corrected chi connectivity index (χ0v) is 8.03. The fourth-order valence-corrected chi connectivity index (χ4v) is 3.41. The first-order chi connectivity index (χ1) is 4.35. The summed E-state index contributed by atoms with van der Waals surface area (Å²) in [6, 6.07) is 0. The standard InChI is InChI=1S/C8H15OP/c1-7-5-8(2,3)10(4,9)6-7/h5H,6H2,1-4H3. The summed E-state index contributed by atoms with van der Waals surface area (Å²) in [7, 11) is -1.89. The van der Waals surface area contributed by atoms with Crippen LogP contribution in [-0.4, -0.2) is 18.0 Å². The highest BCUT2D eigenvalue weighted by atomic mass is 31.2. The molecular weight excluding hydrogens is 143 g/mol. The molecule has 10 heavy (non-hydrogen) atoms. The van der Waals surface area contributed by atoms with Gasteiger partial charge in [-0.2, -0.15) is 0 Å². The molecule has 1 nitrogen and oxygen atoms in total. The average molecular weight is 158 g/mol. The van der Waals surface area contributed by atoms with Crippen LogP contribution in [0.1, 0.15) is 20.8 Å². The Kier molecular flexibility index (Phi) is 1.60. The molecule has 0 radical (unpaired) electrons. The smallest absolute Gasteiger partial charge is 0.0975 e. The Bertz CT molecular complexity index is 225. The third-order valence-electron chi connectivity index (χ3n) is 2.37. The van der Waals surface area contributed by atoms with Crippen molar-refractivity contribution in [2.24, 2.45) is 0 Å². The number of hydrogen-bond donors (Lipinski definition) is 0. The molecule has 1 unspecified atom stereocenters. The number of rotatable bonds is 0. The molecule has 0 saturated carbocycles. The first-order valence-corrected chi connectivity index (χ1v) is 5.94. The number of allylic oxidation sites excluding steroid dienone is 2. The van der Waals surface area contributed by atoms with Crippen molar-refractivity contribution in [2.45, 2.75) is 25.9 Å². The maximum atomic E-state index is 11.8. The van der Waals surface area contributed by atoms with Crippen LogP contribution in [0.25, 0.3) is 0 Å². The van der Waals surface area contributed by atoms with Crippen LogP contribution >= 0.6 is 7.14 Å². The van der Waals surface area contributed by atoms with Crippen LogP contribution in [0.4, 0.5) is 0 Å². The van der Waals surface area contributed by atoms with Gasteiger partial charge in [0.1, 0.15) is 0 Å². The molecule has 58 valence electrons. The topological polar surface area (TPSA) is 17.1 Å². The van der Waals surface area contributed by atoms with Crippen LogP contribution in [0.5, 0.6) is 0 Å². The molecule has 1 aliphatic rings. The maximum absolute atomic E-state index is 11.8. The molecule has 2 heteroatoms. The van der Waals surface area contributed by atoms with Gasteiger partial charge in [0.05, 0.1) is 7.14 Å². The molecule has 0 aromatic carbocycles. The van der Waals surface area contributed by atoms with Crippen LogP contribution in [-0.2, 0) is 4.57 Å². The molecule has 1 rings (SSSR count). The second kappa shape index (κ2) is 1.98. The van der Waals surface area contributed by atoms with Crippen LogP contribution in [0, 0.1) is 0 Å². The Balaban J connectivity index is 3.04. The summed E-state index contributed by atoms with van der Waals surface area (Å²) in [6.07, 6.45) is 2.97. The minimum absolute atomic E-state index is 0.0446. The van der Waals surface area contributed by atoms with Gasteiger partial charge in [0, 0.05) is 11.3 Å². The van der Waals surface area contributed by atoms with E-state index in [1.165, 1.54) is 5.57 Å². The van der Waals surface area contributed by atoms with Crippen molar-refractivity contribution in [3.63, 3.8) is 0 Å². The van der Waals surface area contributed by atoms with Crippen molar-refractivity contribution < 1.29 is 4.57 Å². The normalized spacial score (nSPS) is 37.8. The monoisotopic (exact) mass is 158 g/mol. The Morgan fingerprint density at radius 3 is 2.20 bits per heavy atom. The second-order valence-electron chi connectivity index (χ2n) is 3.90. The van der Waals surface area contributed by atoms with E-state index < -0.39 is 7.14 Å². The molecule has 0 aromatic heterocycles. The molecular formula is C8H15OP. The van der Waals surface area contributed by atoms with Crippen molar-refractivity contribution in [1.29, 1.82) is 0 Å². The lowest BCUT2D eigenvalue weighted by atomic mass is 10.1. The predicted octanol–water partition coefficient (Wildman–Crippen LogP) is 2.72. The third kappa shape index (κ3) is 1.08. The average Bonchev–Trinajstić information content (AvgIpc) is 1.73. The first kappa shape index (κ1) is 8.07. The van der Waals surface area contributed by atoms with Gasteiger partial charge in [-0.15, -0.1) is 0 Å². The molecule has 0 N–H and O–H groups in total. The van der Waals surface area contributed by atoms with Gasteiger partial charge in [-0.05, 0) is 27.4 Å². The molecule has 1 aliphatic heterocycles. The van der Waals surface area contributed by atoms with Crippen LogP contribution in [0.3, 0.4) is 0 Å². The molecule has 0 amide bonds. The van der Waals surface area contributed by atoms with Gasteiger partial charge in [0.15, 0.2) is 0 Å². The predicted molar refractivity (Wildman–Crippen MR) is 46.2 cm³/mol. The van der Waals surface area contributed by atoms with Crippen molar-refractivity contribution >= 4 is 7.14 Å². The van der Waals surface area contributed by atoms with Crippen molar-refractivity contribution in [3.8, 4) is 0 Å². The summed E-state index contributed by atoms with van der Waals surface area (Å²) in [5.41, 5.74) is 1.29. The molecule has 0 aromatic rings. The molecule has 1 heterocycles. The summed E-state index contributed by atoms with van der Waals surface area (Å²) >= 11 is 0. The van der Waals surface area contributed by atoms with Gasteiger partial charge in [0.25, 0.3) is 0 Å². The van der Waals surface area contributed by atoms with Gasteiger partial charge in [-0.1, -0.05) is 11.6 Å². The minimum Gasteiger partial charge on any atom is -0.323 e. The largest absolute Gasteiger partial charge is 0.323 e. The number of hydrogen-bond acceptors (Lipinski definition) is 1. The zero-order valence-electron chi connectivity index (χ0n) is 7.14. The lowest BCUT2D eigenvalue weighted by molar-refractivity contribution is 0.567. The maximum Gasteiger partial charge on any atom is 0.0975 e. The quantitative estimate of drug-likeness (QED) is 0.391. The van der Waals surface area contributed by atoms with Gasteiger partial charge < -0.3 is 4.57 Å². The molecule has 0 fully saturated rings. The summed E-state index contributed by atoms with van der Waals surface area (Å²) in [5.74, 6) is 0. The SMILES string of the molecule is CC1=CC(C)(C)P(C)(=O)C1.